The van der Waals surface area contributed by atoms with Gasteiger partial charge in [0.25, 0.3) is 6.43 Å². The van der Waals surface area contributed by atoms with Crippen molar-refractivity contribution in [2.45, 2.75) is 31.8 Å². The quantitative estimate of drug-likeness (QED) is 0.178. The highest BCUT2D eigenvalue weighted by Gasteiger charge is 2.24. The van der Waals surface area contributed by atoms with Crippen molar-refractivity contribution >= 4 is 33.8 Å². The van der Waals surface area contributed by atoms with E-state index in [-0.39, 0.29) is 21.8 Å². The largest absolute Gasteiger partial charge is 0.403 e. The molecule has 5 N–H and O–H groups in total. The molecule has 0 saturated heterocycles. The van der Waals surface area contributed by atoms with Gasteiger partial charge in [-0.1, -0.05) is 29.8 Å². The molecule has 4 aromatic rings. The van der Waals surface area contributed by atoms with E-state index in [9.17, 15) is 22.5 Å². The van der Waals surface area contributed by atoms with Gasteiger partial charge in [-0.3, -0.25) is 13.8 Å². The number of rotatable bonds is 8. The molecule has 0 aliphatic heterocycles. The van der Waals surface area contributed by atoms with Gasteiger partial charge in [-0.2, -0.15) is 0 Å². The number of hydrogen-bond donors (Lipinski definition) is 3. The third kappa shape index (κ3) is 5.50. The molecule has 0 aliphatic rings. The maximum Gasteiger partial charge on any atom is 0.282 e. The number of nitrogens with two attached hydrogens (primary N) is 2. The first-order valence-electron chi connectivity index (χ1n) is 12.0. The Morgan fingerprint density at radius 3 is 2.38 bits per heavy atom. The fourth-order valence-corrected chi connectivity index (χ4v) is 5.49. The molecule has 4 rings (SSSR count). The van der Waals surface area contributed by atoms with Crippen LogP contribution >= 0.6 is 11.6 Å². The van der Waals surface area contributed by atoms with Crippen molar-refractivity contribution < 1.29 is 22.5 Å². The highest BCUT2D eigenvalue weighted by atomic mass is 35.5. The van der Waals surface area contributed by atoms with Gasteiger partial charge in [-0.15, -0.1) is 0 Å². The maximum atomic E-state index is 14.9. The molecule has 1 unspecified atom stereocenters. The van der Waals surface area contributed by atoms with Crippen molar-refractivity contribution in [2.75, 3.05) is 11.3 Å². The van der Waals surface area contributed by atoms with Gasteiger partial charge < -0.3 is 10.8 Å². The lowest BCUT2D eigenvalue weighted by molar-refractivity contribution is 0.145. The van der Waals surface area contributed by atoms with Crippen molar-refractivity contribution in [3.63, 3.8) is 0 Å². The second-order valence-electron chi connectivity index (χ2n) is 8.95. The Hall–Kier alpha value is -3.64. The molecular formula is C28H27ClF3N5O2S. The lowest BCUT2D eigenvalue weighted by Crippen LogP contribution is -2.31. The first-order chi connectivity index (χ1) is 19.0. The predicted octanol–water partition coefficient (Wildman–Crippen LogP) is 5.75. The molecule has 0 saturated carbocycles. The van der Waals surface area contributed by atoms with E-state index in [0.29, 0.717) is 44.6 Å². The molecule has 7 nitrogen and oxygen atoms in total. The Balaban J connectivity index is 1.98. The SMILES string of the molecule is Cc1nc(C(F)F)c(C)n1-c1ccc(-c2cc(F)c(CO)c(S(C)=O)c2)cc1N(N)/C(=C\N)c1ccc(Cl)cc1. The predicted molar refractivity (Wildman–Crippen MR) is 152 cm³/mol. The summed E-state index contributed by atoms with van der Waals surface area (Å²) >= 11 is 6.05. The van der Waals surface area contributed by atoms with Crippen LogP contribution in [0.15, 0.2) is 65.7 Å². The normalized spacial score (nSPS) is 12.7. The molecule has 0 radical (unpaired) electrons. The van der Waals surface area contributed by atoms with Crippen LogP contribution in [-0.4, -0.2) is 25.1 Å². The molecule has 210 valence electrons. The molecule has 0 spiro atoms. The van der Waals surface area contributed by atoms with Crippen molar-refractivity contribution in [1.82, 2.24) is 9.55 Å². The maximum absolute atomic E-state index is 14.9. The van der Waals surface area contributed by atoms with E-state index in [2.05, 4.69) is 4.98 Å². The van der Waals surface area contributed by atoms with Crippen LogP contribution in [0.4, 0.5) is 18.9 Å². The van der Waals surface area contributed by atoms with Gasteiger partial charge in [0.1, 0.15) is 17.3 Å². The molecule has 0 fully saturated rings. The summed E-state index contributed by atoms with van der Waals surface area (Å²) in [4.78, 5) is 4.21. The minimum absolute atomic E-state index is 0.0536. The molecular weight excluding hydrogens is 563 g/mol. The number of aliphatic hydroxyl groups is 1. The zero-order chi connectivity index (χ0) is 29.3. The third-order valence-corrected chi connectivity index (χ3v) is 7.74. The van der Waals surface area contributed by atoms with Gasteiger partial charge in [0.05, 0.1) is 34.5 Å². The standard InChI is InChI=1S/C28H27ClF3N5O2S/c1-15-27(28(31)32)35-16(2)36(15)23-9-6-18(19-10-22(30)21(14-38)26(12-19)40(3)39)11-24(23)37(34)25(13-33)17-4-7-20(29)8-5-17/h4-13,28,38H,14,33-34H2,1-3H3/b25-13-. The van der Waals surface area contributed by atoms with Crippen LogP contribution in [0.25, 0.3) is 22.5 Å². The molecule has 3 aromatic carbocycles. The van der Waals surface area contributed by atoms with Crippen LogP contribution in [0.2, 0.25) is 5.02 Å². The van der Waals surface area contributed by atoms with Crippen LogP contribution in [-0.2, 0) is 17.4 Å². The molecule has 12 heteroatoms. The fraction of sp³-hybridized carbons (Fsp3) is 0.179. The summed E-state index contributed by atoms with van der Waals surface area (Å²) in [6.07, 6.45) is -0.0957. The smallest absolute Gasteiger partial charge is 0.282 e. The molecule has 0 bridgehead atoms. The van der Waals surface area contributed by atoms with E-state index in [4.69, 9.17) is 23.2 Å². The average molecular weight is 590 g/mol. The van der Waals surface area contributed by atoms with Crippen molar-refractivity contribution in [1.29, 1.82) is 0 Å². The fourth-order valence-electron chi connectivity index (χ4n) is 4.56. The Kier molecular flexibility index (Phi) is 8.69. The molecule has 1 atom stereocenters. The lowest BCUT2D eigenvalue weighted by atomic mass is 10.0. The third-order valence-electron chi connectivity index (χ3n) is 6.51. The molecule has 1 aromatic heterocycles. The average Bonchev–Trinajstić information content (AvgIpc) is 3.22. The number of imidazole rings is 1. The number of aryl methyl sites for hydroxylation is 1. The van der Waals surface area contributed by atoms with E-state index in [0.717, 1.165) is 0 Å². The van der Waals surface area contributed by atoms with E-state index in [1.807, 2.05) is 0 Å². The summed E-state index contributed by atoms with van der Waals surface area (Å²) in [7, 11) is -1.58. The highest BCUT2D eigenvalue weighted by Crippen LogP contribution is 2.37. The van der Waals surface area contributed by atoms with Crippen molar-refractivity contribution in [3.8, 4) is 16.8 Å². The van der Waals surface area contributed by atoms with Crippen LogP contribution in [0.5, 0.6) is 0 Å². The first-order valence-corrected chi connectivity index (χ1v) is 13.9. The minimum Gasteiger partial charge on any atom is -0.403 e. The number of halogens is 4. The number of alkyl halides is 2. The summed E-state index contributed by atoms with van der Waals surface area (Å²) in [6, 6.07) is 14.5. The molecule has 0 aliphatic carbocycles. The summed E-state index contributed by atoms with van der Waals surface area (Å²) < 4.78 is 56.2. The number of anilines is 1. The highest BCUT2D eigenvalue weighted by molar-refractivity contribution is 7.84. The number of nitrogens with zero attached hydrogens (tertiary/aromatic N) is 3. The van der Waals surface area contributed by atoms with E-state index < -0.39 is 29.6 Å². The Labute approximate surface area is 236 Å². The van der Waals surface area contributed by atoms with Crippen LogP contribution in [0.3, 0.4) is 0 Å². The van der Waals surface area contributed by atoms with Crippen LogP contribution in [0, 0.1) is 19.7 Å². The van der Waals surface area contributed by atoms with Gasteiger partial charge in [0.15, 0.2) is 0 Å². The van der Waals surface area contributed by atoms with Crippen LogP contribution in [0.1, 0.15) is 34.8 Å². The lowest BCUT2D eigenvalue weighted by Gasteiger charge is -2.26. The Morgan fingerprint density at radius 2 is 1.82 bits per heavy atom. The van der Waals surface area contributed by atoms with Crippen molar-refractivity contribution in [2.24, 2.45) is 11.6 Å². The second-order valence-corrected chi connectivity index (χ2v) is 10.7. The molecule has 1 heterocycles. The summed E-state index contributed by atoms with van der Waals surface area (Å²) in [5, 5.41) is 11.4. The van der Waals surface area contributed by atoms with Gasteiger partial charge in [-0.05, 0) is 61.4 Å². The van der Waals surface area contributed by atoms with Gasteiger partial charge >= 0.3 is 0 Å². The zero-order valence-corrected chi connectivity index (χ0v) is 23.4. The summed E-state index contributed by atoms with van der Waals surface area (Å²) in [5.74, 6) is 6.23. The Bertz CT molecular complexity index is 1620. The number of hydrazine groups is 1. The molecule has 40 heavy (non-hydrogen) atoms. The first kappa shape index (κ1) is 29.3. The van der Waals surface area contributed by atoms with E-state index >= 15 is 0 Å². The number of benzene rings is 3. The van der Waals surface area contributed by atoms with Crippen molar-refractivity contribution in [3.05, 3.63) is 100.0 Å². The minimum atomic E-state index is -2.79. The second kappa shape index (κ2) is 11.8. The molecule has 0 amide bonds. The van der Waals surface area contributed by atoms with Crippen LogP contribution < -0.4 is 16.6 Å². The summed E-state index contributed by atoms with van der Waals surface area (Å²) in [5.41, 5.74) is 8.40. The van der Waals surface area contributed by atoms with Gasteiger partial charge in [0.2, 0.25) is 0 Å². The Morgan fingerprint density at radius 1 is 1.15 bits per heavy atom. The van der Waals surface area contributed by atoms with Gasteiger partial charge in [0, 0.05) is 39.2 Å². The summed E-state index contributed by atoms with van der Waals surface area (Å²) in [6.45, 7) is 2.52. The monoisotopic (exact) mass is 589 g/mol. The number of aliphatic hydroxyl groups excluding tert-OH is 1. The zero-order valence-electron chi connectivity index (χ0n) is 21.8. The topological polar surface area (TPSA) is 110 Å². The van der Waals surface area contributed by atoms with E-state index in [1.54, 1.807) is 54.0 Å². The van der Waals surface area contributed by atoms with Gasteiger partial charge in [-0.25, -0.2) is 24.0 Å². The number of aromatic nitrogens is 2. The van der Waals surface area contributed by atoms with E-state index in [1.165, 1.54) is 36.5 Å². The number of hydrogen-bond acceptors (Lipinski definition) is 6.